The molecule has 0 saturated heterocycles. The van der Waals surface area contributed by atoms with Crippen molar-refractivity contribution in [1.82, 2.24) is 4.90 Å². The van der Waals surface area contributed by atoms with E-state index in [1.54, 1.807) is 6.92 Å². The zero-order chi connectivity index (χ0) is 23.9. The van der Waals surface area contributed by atoms with Crippen LogP contribution >= 0.6 is 0 Å². The highest BCUT2D eigenvalue weighted by molar-refractivity contribution is 5.57. The van der Waals surface area contributed by atoms with E-state index in [2.05, 4.69) is 23.1 Å². The van der Waals surface area contributed by atoms with Crippen molar-refractivity contribution in [3.8, 4) is 51.7 Å². The average molecular weight is 479 g/mol. The Balaban J connectivity index is 1.55. The molecule has 4 aromatic carbocycles. The first kappa shape index (κ1) is 19.9. The number of nitrogens with zero attached hydrogens (tertiary/aromatic N) is 1. The Hall–Kier alpha value is -4.36. The SMILES string of the molecule is CC12Oc3c4cccc3Oc3cc5cc(c3)Oc3cccc(c3O1)CN(C4)Cc1cccc(c1O2)O5. The molecule has 0 radical (unpaired) electrons. The molecule has 4 aromatic rings. The van der Waals surface area contributed by atoms with Gasteiger partial charge in [-0.05, 0) is 18.2 Å². The summed E-state index contributed by atoms with van der Waals surface area (Å²) in [4.78, 5) is 2.32. The molecule has 0 aliphatic carbocycles. The van der Waals surface area contributed by atoms with Crippen molar-refractivity contribution in [1.29, 1.82) is 0 Å². The molecule has 178 valence electrons. The molecule has 10 rings (SSSR count). The minimum atomic E-state index is -1.56. The van der Waals surface area contributed by atoms with E-state index in [1.807, 2.05) is 54.6 Å². The third-order valence-electron chi connectivity index (χ3n) is 6.76. The van der Waals surface area contributed by atoms with Crippen LogP contribution in [0.3, 0.4) is 0 Å². The van der Waals surface area contributed by atoms with Crippen LogP contribution in [0.15, 0.2) is 72.8 Å². The van der Waals surface area contributed by atoms with Gasteiger partial charge in [0.15, 0.2) is 34.5 Å². The standard InChI is InChI=1S/C29H21NO6/c1-29-34-26-17-5-2-8-23(26)31-20-11-21-13-22(12-20)33-25-10-4-7-19(28(25)36-29)16-30(14-17)15-18-6-3-9-24(32-21)27(18)35-29/h2-13H,14-16H2,1H3. The molecular weight excluding hydrogens is 458 g/mol. The number of para-hydroxylation sites is 3. The number of benzene rings is 4. The van der Waals surface area contributed by atoms with E-state index >= 15 is 0 Å². The maximum Gasteiger partial charge on any atom is 0.414 e. The van der Waals surface area contributed by atoms with Crippen molar-refractivity contribution < 1.29 is 28.4 Å². The van der Waals surface area contributed by atoms with Gasteiger partial charge in [0.05, 0.1) is 6.92 Å². The second kappa shape index (κ2) is 7.08. The number of hydrogen-bond acceptors (Lipinski definition) is 7. The van der Waals surface area contributed by atoms with Crippen molar-refractivity contribution in [2.45, 2.75) is 32.5 Å². The predicted molar refractivity (Wildman–Crippen MR) is 129 cm³/mol. The first-order chi connectivity index (χ1) is 17.6. The van der Waals surface area contributed by atoms with Crippen molar-refractivity contribution in [2.75, 3.05) is 0 Å². The maximum atomic E-state index is 6.64. The van der Waals surface area contributed by atoms with Crippen LogP contribution in [-0.2, 0) is 19.6 Å². The predicted octanol–water partition coefficient (Wildman–Crippen LogP) is 6.73. The molecule has 36 heavy (non-hydrogen) atoms. The number of hydrogen-bond donors (Lipinski definition) is 0. The van der Waals surface area contributed by atoms with Gasteiger partial charge in [0.25, 0.3) is 0 Å². The van der Waals surface area contributed by atoms with E-state index < -0.39 is 5.97 Å². The average Bonchev–Trinajstić information content (AvgIpc) is 2.83. The van der Waals surface area contributed by atoms with Gasteiger partial charge in [-0.3, -0.25) is 4.90 Å². The minimum absolute atomic E-state index is 0.554. The third-order valence-corrected chi connectivity index (χ3v) is 6.76. The Morgan fingerprint density at radius 2 is 0.917 bits per heavy atom. The Bertz CT molecular complexity index is 1370. The largest absolute Gasteiger partial charge is 0.453 e. The van der Waals surface area contributed by atoms with Gasteiger partial charge in [0.1, 0.15) is 17.2 Å². The molecule has 0 atom stereocenters. The Kier molecular flexibility index (Phi) is 3.92. The molecule has 6 aliphatic heterocycles. The van der Waals surface area contributed by atoms with Crippen LogP contribution in [0.25, 0.3) is 0 Å². The Morgan fingerprint density at radius 3 is 1.28 bits per heavy atom. The molecular formula is C29H21NO6. The van der Waals surface area contributed by atoms with Crippen molar-refractivity contribution in [3.63, 3.8) is 0 Å². The van der Waals surface area contributed by atoms with Crippen LogP contribution in [0.2, 0.25) is 0 Å². The first-order valence-electron chi connectivity index (χ1n) is 11.9. The highest BCUT2D eigenvalue weighted by Crippen LogP contribution is 2.49. The van der Waals surface area contributed by atoms with Crippen molar-refractivity contribution >= 4 is 0 Å². The topological polar surface area (TPSA) is 58.6 Å². The first-order valence-corrected chi connectivity index (χ1v) is 11.9. The van der Waals surface area contributed by atoms with Crippen LogP contribution in [0, 0.1) is 0 Å². The van der Waals surface area contributed by atoms with E-state index in [-0.39, 0.29) is 0 Å². The van der Waals surface area contributed by atoms with Gasteiger partial charge in [-0.1, -0.05) is 36.4 Å². The summed E-state index contributed by atoms with van der Waals surface area (Å²) in [6.07, 6.45) is 0. The van der Waals surface area contributed by atoms with Gasteiger partial charge in [-0.25, -0.2) is 0 Å². The Morgan fingerprint density at radius 1 is 0.556 bits per heavy atom. The zero-order valence-corrected chi connectivity index (χ0v) is 19.4. The fourth-order valence-corrected chi connectivity index (χ4v) is 5.26. The van der Waals surface area contributed by atoms with Crippen LogP contribution in [-0.4, -0.2) is 10.9 Å². The van der Waals surface area contributed by atoms with Crippen LogP contribution in [0.1, 0.15) is 23.6 Å². The summed E-state index contributed by atoms with van der Waals surface area (Å²) in [5.41, 5.74) is 2.93. The van der Waals surface area contributed by atoms with Gasteiger partial charge >= 0.3 is 5.97 Å². The van der Waals surface area contributed by atoms with Crippen molar-refractivity contribution in [2.24, 2.45) is 0 Å². The molecule has 0 unspecified atom stereocenters. The van der Waals surface area contributed by atoms with E-state index in [0.717, 1.165) is 16.7 Å². The van der Waals surface area contributed by atoms with Gasteiger partial charge in [0.2, 0.25) is 0 Å². The fourth-order valence-electron chi connectivity index (χ4n) is 5.26. The van der Waals surface area contributed by atoms with E-state index in [9.17, 15) is 0 Å². The highest BCUT2D eigenvalue weighted by atomic mass is 16.9. The van der Waals surface area contributed by atoms with Gasteiger partial charge in [-0.2, -0.15) is 0 Å². The lowest BCUT2D eigenvalue weighted by molar-refractivity contribution is -0.241. The number of rotatable bonds is 0. The molecule has 0 amide bonds. The summed E-state index contributed by atoms with van der Waals surface area (Å²) in [5.74, 6) is 3.51. The molecule has 0 fully saturated rings. The second-order valence-corrected chi connectivity index (χ2v) is 9.49. The fraction of sp³-hybridized carbons (Fsp3) is 0.172. The summed E-state index contributed by atoms with van der Waals surface area (Å²) < 4.78 is 39.1. The van der Waals surface area contributed by atoms with Crippen LogP contribution in [0.5, 0.6) is 51.7 Å². The molecule has 8 bridgehead atoms. The van der Waals surface area contributed by atoms with Crippen LogP contribution < -0.4 is 28.4 Å². The quantitative estimate of drug-likeness (QED) is 0.277. The molecule has 7 nitrogen and oxygen atoms in total. The van der Waals surface area contributed by atoms with Gasteiger partial charge in [-0.15, -0.1) is 0 Å². The van der Waals surface area contributed by atoms with E-state index in [1.165, 1.54) is 0 Å². The van der Waals surface area contributed by atoms with Crippen LogP contribution in [0.4, 0.5) is 0 Å². The Labute approximate surface area is 207 Å². The summed E-state index contributed by atoms with van der Waals surface area (Å²) >= 11 is 0. The van der Waals surface area contributed by atoms with Gasteiger partial charge < -0.3 is 28.4 Å². The highest BCUT2D eigenvalue weighted by Gasteiger charge is 2.41. The molecule has 6 heterocycles. The lowest BCUT2D eigenvalue weighted by Crippen LogP contribution is -2.47. The molecule has 7 heteroatoms. The lowest BCUT2D eigenvalue weighted by Gasteiger charge is -2.38. The molecule has 0 spiro atoms. The van der Waals surface area contributed by atoms with Crippen molar-refractivity contribution in [3.05, 3.63) is 89.5 Å². The summed E-state index contributed by atoms with van der Waals surface area (Å²) in [6.45, 7) is 3.65. The molecule has 0 saturated carbocycles. The number of ether oxygens (including phenoxy) is 6. The summed E-state index contributed by atoms with van der Waals surface area (Å²) in [6, 6.07) is 23.2. The normalized spacial score (nSPS) is 21.8. The second-order valence-electron chi connectivity index (χ2n) is 9.49. The summed E-state index contributed by atoms with van der Waals surface area (Å²) in [7, 11) is 0. The van der Waals surface area contributed by atoms with Gasteiger partial charge in [0, 0.05) is 54.5 Å². The van der Waals surface area contributed by atoms with E-state index in [0.29, 0.717) is 71.4 Å². The molecule has 0 N–H and O–H groups in total. The smallest absolute Gasteiger partial charge is 0.414 e. The zero-order valence-electron chi connectivity index (χ0n) is 19.4. The van der Waals surface area contributed by atoms with E-state index in [4.69, 9.17) is 28.4 Å². The minimum Gasteiger partial charge on any atom is -0.453 e. The monoisotopic (exact) mass is 479 g/mol. The molecule has 0 aromatic heterocycles. The summed E-state index contributed by atoms with van der Waals surface area (Å²) in [5, 5.41) is 0. The molecule has 6 aliphatic rings. The third kappa shape index (κ3) is 3.09. The lowest BCUT2D eigenvalue weighted by atomic mass is 10.1. The maximum absolute atomic E-state index is 6.64.